The van der Waals surface area contributed by atoms with Crippen molar-refractivity contribution in [3.63, 3.8) is 0 Å². The summed E-state index contributed by atoms with van der Waals surface area (Å²) in [6.07, 6.45) is 1.99. The summed E-state index contributed by atoms with van der Waals surface area (Å²) in [6, 6.07) is 18.6. The summed E-state index contributed by atoms with van der Waals surface area (Å²) in [6.45, 7) is 4.52. The van der Waals surface area contributed by atoms with E-state index in [2.05, 4.69) is 26.5 Å². The van der Waals surface area contributed by atoms with Crippen LogP contribution in [0.3, 0.4) is 0 Å². The van der Waals surface area contributed by atoms with Crippen molar-refractivity contribution in [3.05, 3.63) is 78.1 Å². The quantitative estimate of drug-likeness (QED) is 0.479. The van der Waals surface area contributed by atoms with Crippen molar-refractivity contribution in [2.45, 2.75) is 12.8 Å². The molecule has 2 aliphatic heterocycles. The van der Waals surface area contributed by atoms with Crippen LogP contribution in [-0.2, 0) is 0 Å². The van der Waals surface area contributed by atoms with Gasteiger partial charge in [0.15, 0.2) is 0 Å². The Morgan fingerprint density at radius 2 is 1.42 bits per heavy atom. The molecule has 38 heavy (non-hydrogen) atoms. The normalized spacial score (nSPS) is 15.4. The Morgan fingerprint density at radius 3 is 2.11 bits per heavy atom. The van der Waals surface area contributed by atoms with Crippen LogP contribution in [0.2, 0.25) is 0 Å². The average Bonchev–Trinajstić information content (AvgIpc) is 3.48. The van der Waals surface area contributed by atoms with Crippen molar-refractivity contribution in [2.24, 2.45) is 0 Å². The molecular formula is C29H32FN5O3. The Bertz CT molecular complexity index is 1300. The first kappa shape index (κ1) is 25.4. The number of hydrogen-bond acceptors (Lipinski definition) is 5. The minimum atomic E-state index is -0.506. The van der Waals surface area contributed by atoms with Crippen LogP contribution in [0.25, 0.3) is 0 Å². The molecule has 0 unspecified atom stereocenters. The second-order valence-electron chi connectivity index (χ2n) is 9.47. The van der Waals surface area contributed by atoms with Crippen LogP contribution in [0.15, 0.2) is 66.7 Å². The number of rotatable bonds is 6. The number of para-hydroxylation sites is 2. The van der Waals surface area contributed by atoms with E-state index in [0.29, 0.717) is 16.9 Å². The lowest BCUT2D eigenvalue weighted by atomic mass is 10.1. The lowest BCUT2D eigenvalue weighted by molar-refractivity contribution is 0.0793. The van der Waals surface area contributed by atoms with Crippen molar-refractivity contribution < 1.29 is 18.7 Å². The Morgan fingerprint density at radius 1 is 0.763 bits per heavy atom. The number of likely N-dealkylation sites (tertiary alicyclic amines) is 1. The van der Waals surface area contributed by atoms with Gasteiger partial charge in [0.05, 0.1) is 18.4 Å². The molecule has 3 aromatic carbocycles. The zero-order valence-electron chi connectivity index (χ0n) is 21.5. The summed E-state index contributed by atoms with van der Waals surface area (Å²) in [5.41, 5.74) is 3.34. The van der Waals surface area contributed by atoms with E-state index < -0.39 is 11.8 Å². The second kappa shape index (κ2) is 11.4. The second-order valence-corrected chi connectivity index (χ2v) is 9.47. The van der Waals surface area contributed by atoms with E-state index in [1.807, 2.05) is 29.2 Å². The smallest absolute Gasteiger partial charge is 0.323 e. The zero-order valence-corrected chi connectivity index (χ0v) is 21.5. The predicted octanol–water partition coefficient (Wildman–Crippen LogP) is 5.04. The number of piperazine rings is 1. The Hall–Kier alpha value is -4.27. The molecule has 2 aliphatic rings. The summed E-state index contributed by atoms with van der Waals surface area (Å²) in [4.78, 5) is 32.5. The average molecular weight is 518 g/mol. The third-order valence-corrected chi connectivity index (χ3v) is 7.01. The number of anilines is 4. The van der Waals surface area contributed by atoms with Crippen LogP contribution < -0.4 is 25.2 Å². The molecular weight excluding hydrogens is 485 g/mol. The highest BCUT2D eigenvalue weighted by atomic mass is 19.1. The van der Waals surface area contributed by atoms with Gasteiger partial charge in [0.2, 0.25) is 0 Å². The van der Waals surface area contributed by atoms with E-state index >= 15 is 0 Å². The number of methoxy groups -OCH3 is 1. The van der Waals surface area contributed by atoms with Crippen molar-refractivity contribution in [2.75, 3.05) is 66.8 Å². The highest BCUT2D eigenvalue weighted by Gasteiger charge is 2.27. The maximum absolute atomic E-state index is 13.5. The van der Waals surface area contributed by atoms with E-state index in [9.17, 15) is 14.0 Å². The van der Waals surface area contributed by atoms with Crippen LogP contribution in [0, 0.1) is 5.82 Å². The summed E-state index contributed by atoms with van der Waals surface area (Å²) in [7, 11) is 1.68. The van der Waals surface area contributed by atoms with Gasteiger partial charge in [-0.05, 0) is 61.4 Å². The molecule has 2 fully saturated rings. The van der Waals surface area contributed by atoms with Crippen LogP contribution in [0.1, 0.15) is 23.2 Å². The number of nitrogens with one attached hydrogen (secondary N) is 2. The first-order valence-electron chi connectivity index (χ1n) is 12.9. The maximum atomic E-state index is 13.5. The van der Waals surface area contributed by atoms with Gasteiger partial charge in [0, 0.05) is 56.3 Å². The van der Waals surface area contributed by atoms with Crippen molar-refractivity contribution in [1.82, 2.24) is 4.90 Å². The van der Waals surface area contributed by atoms with Crippen LogP contribution in [-0.4, -0.2) is 63.2 Å². The molecule has 0 saturated carbocycles. The highest BCUT2D eigenvalue weighted by molar-refractivity contribution is 6.04. The number of amides is 3. The number of benzene rings is 3. The van der Waals surface area contributed by atoms with Gasteiger partial charge in [-0.2, -0.15) is 0 Å². The van der Waals surface area contributed by atoms with Crippen molar-refractivity contribution in [3.8, 4) is 5.75 Å². The molecule has 0 bridgehead atoms. The largest absolute Gasteiger partial charge is 0.495 e. The minimum Gasteiger partial charge on any atom is -0.495 e. The Balaban J connectivity index is 1.34. The van der Waals surface area contributed by atoms with Gasteiger partial charge in [0.1, 0.15) is 11.6 Å². The standard InChI is InChI=1S/C29H32FN5O3/c1-38-27-10-3-2-9-26(27)34-17-15-33(16-18-34)25-12-11-23(20-24(25)28(36)35-13-4-5-14-35)32-29(37)31-22-8-6-7-21(30)19-22/h2-3,6-12,19-20H,4-5,13-18H2,1H3,(H2,31,32,37). The monoisotopic (exact) mass is 517 g/mol. The van der Waals surface area contributed by atoms with Crippen molar-refractivity contribution >= 4 is 34.7 Å². The van der Waals surface area contributed by atoms with Gasteiger partial charge < -0.3 is 30.1 Å². The number of hydrogen-bond donors (Lipinski definition) is 2. The van der Waals surface area contributed by atoms with E-state index in [-0.39, 0.29) is 5.91 Å². The fraction of sp³-hybridized carbons (Fsp3) is 0.310. The maximum Gasteiger partial charge on any atom is 0.323 e. The topological polar surface area (TPSA) is 77.1 Å². The number of urea groups is 1. The Kier molecular flexibility index (Phi) is 7.62. The van der Waals surface area contributed by atoms with Crippen molar-refractivity contribution in [1.29, 1.82) is 0 Å². The molecule has 0 atom stereocenters. The molecule has 2 N–H and O–H groups in total. The van der Waals surface area contributed by atoms with Gasteiger partial charge in [-0.3, -0.25) is 4.79 Å². The predicted molar refractivity (Wildman–Crippen MR) is 148 cm³/mol. The van der Waals surface area contributed by atoms with E-state index in [1.54, 1.807) is 25.3 Å². The SMILES string of the molecule is COc1ccccc1N1CCN(c2ccc(NC(=O)Nc3cccc(F)c3)cc2C(=O)N2CCCC2)CC1. The van der Waals surface area contributed by atoms with Gasteiger partial charge in [-0.1, -0.05) is 18.2 Å². The molecule has 198 valence electrons. The first-order valence-corrected chi connectivity index (χ1v) is 12.9. The molecule has 5 rings (SSSR count). The molecule has 2 heterocycles. The summed E-state index contributed by atoms with van der Waals surface area (Å²) < 4.78 is 19.0. The van der Waals surface area contributed by atoms with Crippen LogP contribution in [0.5, 0.6) is 5.75 Å². The highest BCUT2D eigenvalue weighted by Crippen LogP contribution is 2.32. The van der Waals surface area contributed by atoms with Gasteiger partial charge in [-0.15, -0.1) is 0 Å². The number of ether oxygens (including phenoxy) is 1. The Labute approximate surface area is 222 Å². The number of nitrogens with zero attached hydrogens (tertiary/aromatic N) is 3. The van der Waals surface area contributed by atoms with E-state index in [4.69, 9.17) is 4.74 Å². The molecule has 3 aromatic rings. The lowest BCUT2D eigenvalue weighted by Gasteiger charge is -2.38. The summed E-state index contributed by atoms with van der Waals surface area (Å²) in [5, 5.41) is 5.41. The molecule has 0 spiro atoms. The van der Waals surface area contributed by atoms with Crippen LogP contribution in [0.4, 0.5) is 31.9 Å². The van der Waals surface area contributed by atoms with Crippen LogP contribution >= 0.6 is 0 Å². The minimum absolute atomic E-state index is 0.0288. The molecule has 2 saturated heterocycles. The number of halogens is 1. The summed E-state index contributed by atoms with van der Waals surface area (Å²) in [5.74, 6) is 0.382. The summed E-state index contributed by atoms with van der Waals surface area (Å²) >= 11 is 0. The lowest BCUT2D eigenvalue weighted by Crippen LogP contribution is -2.47. The number of carbonyl (C=O) groups is 2. The molecule has 0 aromatic heterocycles. The molecule has 9 heteroatoms. The first-order chi connectivity index (χ1) is 18.5. The van der Waals surface area contributed by atoms with Gasteiger partial charge >= 0.3 is 6.03 Å². The molecule has 0 radical (unpaired) electrons. The number of carbonyl (C=O) groups excluding carboxylic acids is 2. The van der Waals surface area contributed by atoms with Gasteiger partial charge in [-0.25, -0.2) is 9.18 Å². The molecule has 8 nitrogen and oxygen atoms in total. The fourth-order valence-electron chi connectivity index (χ4n) is 5.09. The molecule has 0 aliphatic carbocycles. The van der Waals surface area contributed by atoms with Gasteiger partial charge in [0.25, 0.3) is 5.91 Å². The third kappa shape index (κ3) is 5.66. The third-order valence-electron chi connectivity index (χ3n) is 7.01. The van der Waals surface area contributed by atoms with E-state index in [1.165, 1.54) is 18.2 Å². The van der Waals surface area contributed by atoms with E-state index in [0.717, 1.165) is 69.2 Å². The molecule has 3 amide bonds. The fourth-order valence-corrected chi connectivity index (χ4v) is 5.09. The zero-order chi connectivity index (χ0) is 26.5.